The molecule has 110 valence electrons. The maximum absolute atomic E-state index is 12.6. The summed E-state index contributed by atoms with van der Waals surface area (Å²) < 4.78 is 1.98. The van der Waals surface area contributed by atoms with Crippen LogP contribution in [-0.4, -0.2) is 28.5 Å². The summed E-state index contributed by atoms with van der Waals surface area (Å²) >= 11 is 6.27. The molecule has 1 amide bonds. The molecular formula is C17H19ClN2O. The topological polar surface area (TPSA) is 25.2 Å². The number of aryl methyl sites for hydroxylation is 1. The van der Waals surface area contributed by atoms with Gasteiger partial charge in [-0.05, 0) is 31.0 Å². The Morgan fingerprint density at radius 3 is 2.71 bits per heavy atom. The lowest BCUT2D eigenvalue weighted by Crippen LogP contribution is -2.28. The van der Waals surface area contributed by atoms with Gasteiger partial charge in [0, 0.05) is 43.0 Å². The van der Waals surface area contributed by atoms with Crippen LogP contribution in [0.3, 0.4) is 0 Å². The second kappa shape index (κ2) is 5.57. The Morgan fingerprint density at radius 2 is 2.05 bits per heavy atom. The van der Waals surface area contributed by atoms with Crippen LogP contribution in [0.2, 0.25) is 5.02 Å². The lowest BCUT2D eigenvalue weighted by molar-refractivity contribution is 0.0790. The Hall–Kier alpha value is -1.74. The number of halogens is 1. The lowest BCUT2D eigenvalue weighted by Gasteiger charge is -2.17. The molecule has 1 saturated heterocycles. The fourth-order valence-corrected chi connectivity index (χ4v) is 3.30. The van der Waals surface area contributed by atoms with Gasteiger partial charge in [0.2, 0.25) is 0 Å². The average Bonchev–Trinajstić information content (AvgIpc) is 3.08. The first-order chi connectivity index (χ1) is 10.1. The number of nitrogens with zero attached hydrogens (tertiary/aromatic N) is 2. The van der Waals surface area contributed by atoms with Crippen LogP contribution in [0.15, 0.2) is 36.5 Å². The Morgan fingerprint density at radius 1 is 1.29 bits per heavy atom. The molecular weight excluding hydrogens is 284 g/mol. The van der Waals surface area contributed by atoms with Crippen LogP contribution in [-0.2, 0) is 7.05 Å². The monoisotopic (exact) mass is 302 g/mol. The van der Waals surface area contributed by atoms with E-state index in [0.29, 0.717) is 5.92 Å². The minimum absolute atomic E-state index is 0.127. The highest BCUT2D eigenvalue weighted by atomic mass is 35.5. The van der Waals surface area contributed by atoms with Gasteiger partial charge >= 0.3 is 0 Å². The lowest BCUT2D eigenvalue weighted by atomic mass is 9.98. The van der Waals surface area contributed by atoms with Gasteiger partial charge in [-0.2, -0.15) is 0 Å². The third-order valence-electron chi connectivity index (χ3n) is 4.43. The number of hydrogen-bond donors (Lipinski definition) is 0. The molecule has 3 nitrogen and oxygen atoms in total. The van der Waals surface area contributed by atoms with E-state index < -0.39 is 0 Å². The zero-order valence-corrected chi connectivity index (χ0v) is 13.1. The van der Waals surface area contributed by atoms with Crippen molar-refractivity contribution in [3.8, 4) is 0 Å². The summed E-state index contributed by atoms with van der Waals surface area (Å²) in [5.74, 6) is 0.467. The maximum atomic E-state index is 12.6. The minimum Gasteiger partial charge on any atom is -0.354 e. The van der Waals surface area contributed by atoms with E-state index in [1.165, 1.54) is 0 Å². The molecule has 21 heavy (non-hydrogen) atoms. The molecule has 0 N–H and O–H groups in total. The van der Waals surface area contributed by atoms with Crippen LogP contribution >= 0.6 is 11.6 Å². The van der Waals surface area contributed by atoms with Crippen LogP contribution in [0, 0.1) is 6.92 Å². The van der Waals surface area contributed by atoms with E-state index >= 15 is 0 Å². The molecule has 1 aliphatic rings. The van der Waals surface area contributed by atoms with Crippen LogP contribution in [0.1, 0.15) is 34.0 Å². The Kier molecular flexibility index (Phi) is 3.77. The normalized spacial score (nSPS) is 18.2. The largest absolute Gasteiger partial charge is 0.354 e. The number of carbonyl (C=O) groups excluding carboxylic acids is 1. The highest BCUT2D eigenvalue weighted by Gasteiger charge is 2.29. The fraction of sp³-hybridized carbons (Fsp3) is 0.353. The van der Waals surface area contributed by atoms with Gasteiger partial charge in [-0.25, -0.2) is 0 Å². The van der Waals surface area contributed by atoms with Crippen molar-refractivity contribution in [2.75, 3.05) is 13.1 Å². The first-order valence-corrected chi connectivity index (χ1v) is 7.61. The fourth-order valence-electron chi connectivity index (χ4n) is 3.01. The summed E-state index contributed by atoms with van der Waals surface area (Å²) in [6, 6.07) is 9.84. The predicted molar refractivity (Wildman–Crippen MR) is 84.9 cm³/mol. The van der Waals surface area contributed by atoms with Gasteiger partial charge in [-0.15, -0.1) is 0 Å². The number of rotatable bonds is 2. The molecule has 1 aliphatic heterocycles. The van der Waals surface area contributed by atoms with E-state index in [-0.39, 0.29) is 5.91 Å². The molecule has 1 fully saturated rings. The van der Waals surface area contributed by atoms with E-state index in [4.69, 9.17) is 11.6 Å². The zero-order chi connectivity index (χ0) is 15.0. The van der Waals surface area contributed by atoms with Gasteiger partial charge in [-0.1, -0.05) is 29.8 Å². The van der Waals surface area contributed by atoms with E-state index in [1.807, 2.05) is 53.9 Å². The van der Waals surface area contributed by atoms with Gasteiger partial charge in [0.05, 0.1) is 5.56 Å². The molecule has 0 saturated carbocycles. The van der Waals surface area contributed by atoms with Crippen LogP contribution in [0.5, 0.6) is 0 Å². The number of aromatic nitrogens is 1. The number of benzene rings is 1. The number of likely N-dealkylation sites (tertiary alicyclic amines) is 1. The smallest absolute Gasteiger partial charge is 0.255 e. The molecule has 4 heteroatoms. The SMILES string of the molecule is Cc1c(C(=O)N2CCC(c3ccccc3Cl)C2)ccn1C. The second-order valence-electron chi connectivity index (χ2n) is 5.68. The first kappa shape index (κ1) is 14.2. The molecule has 1 atom stereocenters. The van der Waals surface area contributed by atoms with E-state index in [2.05, 4.69) is 6.07 Å². The second-order valence-corrected chi connectivity index (χ2v) is 6.09. The van der Waals surface area contributed by atoms with Gasteiger partial charge in [0.1, 0.15) is 0 Å². The van der Waals surface area contributed by atoms with Crippen molar-refractivity contribution >= 4 is 17.5 Å². The number of carbonyl (C=O) groups is 1. The third-order valence-corrected chi connectivity index (χ3v) is 4.78. The van der Waals surface area contributed by atoms with Crippen molar-refractivity contribution in [1.82, 2.24) is 9.47 Å². The van der Waals surface area contributed by atoms with Crippen molar-refractivity contribution in [1.29, 1.82) is 0 Å². The summed E-state index contributed by atoms with van der Waals surface area (Å²) in [5.41, 5.74) is 2.97. The summed E-state index contributed by atoms with van der Waals surface area (Å²) in [4.78, 5) is 14.6. The molecule has 0 aliphatic carbocycles. The van der Waals surface area contributed by atoms with Crippen molar-refractivity contribution in [3.63, 3.8) is 0 Å². The maximum Gasteiger partial charge on any atom is 0.255 e. The highest BCUT2D eigenvalue weighted by Crippen LogP contribution is 2.32. The van der Waals surface area contributed by atoms with Gasteiger partial charge < -0.3 is 9.47 Å². The van der Waals surface area contributed by atoms with Crippen LogP contribution in [0.25, 0.3) is 0 Å². The van der Waals surface area contributed by atoms with Crippen molar-refractivity contribution < 1.29 is 4.79 Å². The molecule has 0 bridgehead atoms. The Bertz CT molecular complexity index is 677. The molecule has 1 aromatic heterocycles. The van der Waals surface area contributed by atoms with Gasteiger partial charge in [0.15, 0.2) is 0 Å². The highest BCUT2D eigenvalue weighted by molar-refractivity contribution is 6.31. The Balaban J connectivity index is 1.77. The third kappa shape index (κ3) is 2.58. The molecule has 0 spiro atoms. The summed E-state index contributed by atoms with van der Waals surface area (Å²) in [6.45, 7) is 3.52. The molecule has 3 rings (SSSR count). The van der Waals surface area contributed by atoms with Crippen molar-refractivity contribution in [2.45, 2.75) is 19.3 Å². The van der Waals surface area contributed by atoms with E-state index in [0.717, 1.165) is 41.4 Å². The van der Waals surface area contributed by atoms with E-state index in [9.17, 15) is 4.79 Å². The predicted octanol–water partition coefficient (Wildman–Crippen LogP) is 3.62. The van der Waals surface area contributed by atoms with E-state index in [1.54, 1.807) is 0 Å². The first-order valence-electron chi connectivity index (χ1n) is 7.23. The van der Waals surface area contributed by atoms with Crippen molar-refractivity contribution in [2.24, 2.45) is 7.05 Å². The standard InChI is InChI=1S/C17H19ClN2O/c1-12-14(8-9-19(12)2)17(21)20-10-7-13(11-20)15-5-3-4-6-16(15)18/h3-6,8-9,13H,7,10-11H2,1-2H3. The molecule has 2 heterocycles. The zero-order valence-electron chi connectivity index (χ0n) is 12.3. The van der Waals surface area contributed by atoms with Gasteiger partial charge in [0.25, 0.3) is 5.91 Å². The van der Waals surface area contributed by atoms with Crippen LogP contribution < -0.4 is 0 Å². The molecule has 1 aromatic carbocycles. The summed E-state index contributed by atoms with van der Waals surface area (Å²) in [7, 11) is 1.96. The average molecular weight is 303 g/mol. The Labute approximate surface area is 130 Å². The molecule has 0 radical (unpaired) electrons. The quantitative estimate of drug-likeness (QED) is 0.832. The molecule has 1 unspecified atom stereocenters. The molecule has 2 aromatic rings. The van der Waals surface area contributed by atoms with Crippen LogP contribution in [0.4, 0.5) is 0 Å². The summed E-state index contributed by atoms with van der Waals surface area (Å²) in [6.07, 6.45) is 2.91. The van der Waals surface area contributed by atoms with Crippen molar-refractivity contribution in [3.05, 3.63) is 58.4 Å². The summed E-state index contributed by atoms with van der Waals surface area (Å²) in [5, 5.41) is 0.799. The number of hydrogen-bond acceptors (Lipinski definition) is 1. The van der Waals surface area contributed by atoms with Gasteiger partial charge in [-0.3, -0.25) is 4.79 Å². The minimum atomic E-state index is 0.127. The number of amides is 1.